The molecular weight excluding hydrogens is 440 g/mol. The van der Waals surface area contributed by atoms with Gasteiger partial charge in [0.1, 0.15) is 12.3 Å². The maximum atomic E-state index is 12.9. The average Bonchev–Trinajstić information content (AvgIpc) is 3.26. The number of anilines is 2. The van der Waals surface area contributed by atoms with Crippen molar-refractivity contribution in [2.75, 3.05) is 24.4 Å². The van der Waals surface area contributed by atoms with Gasteiger partial charge in [-0.3, -0.25) is 24.4 Å². The fourth-order valence-electron chi connectivity index (χ4n) is 2.74. The van der Waals surface area contributed by atoms with Crippen LogP contribution in [0.25, 0.3) is 5.69 Å². The molecule has 0 spiro atoms. The summed E-state index contributed by atoms with van der Waals surface area (Å²) in [5.41, 5.74) is 1.26. The van der Waals surface area contributed by atoms with Crippen LogP contribution in [0, 0.1) is 6.92 Å². The first kappa shape index (κ1) is 22.7. The fourth-order valence-corrected chi connectivity index (χ4v) is 4.65. The number of amides is 2. The van der Waals surface area contributed by atoms with Crippen LogP contribution in [0.5, 0.6) is 0 Å². The molecule has 31 heavy (non-hydrogen) atoms. The van der Waals surface area contributed by atoms with Gasteiger partial charge in [0.25, 0.3) is 11.5 Å². The van der Waals surface area contributed by atoms with Crippen molar-refractivity contribution < 1.29 is 14.3 Å². The molecule has 1 unspecified atom stereocenters. The zero-order valence-corrected chi connectivity index (χ0v) is 19.0. The highest BCUT2D eigenvalue weighted by Gasteiger charge is 2.22. The maximum absolute atomic E-state index is 12.9. The highest BCUT2D eigenvalue weighted by atomic mass is 32.2. The van der Waals surface area contributed by atoms with Gasteiger partial charge in [-0.25, -0.2) is 4.68 Å². The number of carbonyl (C=O) groups excluding carboxylic acids is 2. The van der Waals surface area contributed by atoms with Crippen LogP contribution in [0.3, 0.4) is 0 Å². The van der Waals surface area contributed by atoms with Gasteiger partial charge in [-0.15, -0.1) is 10.2 Å². The third-order valence-corrected chi connectivity index (χ3v) is 6.40. The van der Waals surface area contributed by atoms with Crippen LogP contribution in [-0.4, -0.2) is 50.3 Å². The van der Waals surface area contributed by atoms with E-state index in [1.165, 1.54) is 23.6 Å². The number of nitrogens with one attached hydrogen (secondary N) is 2. The van der Waals surface area contributed by atoms with Crippen LogP contribution < -0.4 is 16.2 Å². The second kappa shape index (κ2) is 9.90. The first-order chi connectivity index (χ1) is 14.8. The third kappa shape index (κ3) is 5.21. The number of ether oxygens (including phenoxy) is 1. The Hall–Kier alpha value is -2.96. The molecule has 1 aromatic carbocycles. The maximum Gasteiger partial charge on any atom is 0.295 e. The Labute approximate surface area is 186 Å². The lowest BCUT2D eigenvalue weighted by Crippen LogP contribution is -2.27. The van der Waals surface area contributed by atoms with Gasteiger partial charge < -0.3 is 10.1 Å². The molecule has 0 radical (unpaired) electrons. The van der Waals surface area contributed by atoms with E-state index in [0.29, 0.717) is 20.9 Å². The molecule has 0 saturated carbocycles. The van der Waals surface area contributed by atoms with Crippen molar-refractivity contribution in [2.24, 2.45) is 7.05 Å². The summed E-state index contributed by atoms with van der Waals surface area (Å²) in [5, 5.41) is 12.9. The van der Waals surface area contributed by atoms with Gasteiger partial charge >= 0.3 is 0 Å². The SMILES string of the molecule is COCC(=O)Nc1nnc(SC(C)C(=O)Nc2c(C)n(C)n(-c3ccccc3)c2=O)s1. The second-order valence-corrected chi connectivity index (χ2v) is 9.11. The van der Waals surface area contributed by atoms with E-state index in [4.69, 9.17) is 4.74 Å². The monoisotopic (exact) mass is 462 g/mol. The first-order valence-corrected chi connectivity index (χ1v) is 10.9. The Morgan fingerprint density at radius 1 is 1.23 bits per heavy atom. The minimum absolute atomic E-state index is 0.0855. The second-order valence-electron chi connectivity index (χ2n) is 6.54. The molecule has 0 bridgehead atoms. The molecule has 2 aromatic heterocycles. The number of thioether (sulfide) groups is 1. The molecule has 1 atom stereocenters. The van der Waals surface area contributed by atoms with E-state index in [1.807, 2.05) is 30.3 Å². The Kier molecular flexibility index (Phi) is 7.25. The number of hydrogen-bond donors (Lipinski definition) is 2. The zero-order valence-electron chi connectivity index (χ0n) is 17.4. The van der Waals surface area contributed by atoms with Crippen LogP contribution in [0.15, 0.2) is 39.5 Å². The fraction of sp³-hybridized carbons (Fsp3) is 0.316. The van der Waals surface area contributed by atoms with Gasteiger partial charge in [-0.2, -0.15) is 0 Å². The van der Waals surface area contributed by atoms with Gasteiger partial charge in [-0.1, -0.05) is 41.3 Å². The van der Waals surface area contributed by atoms with Crippen molar-refractivity contribution in [3.63, 3.8) is 0 Å². The number of aromatic nitrogens is 4. The molecule has 2 N–H and O–H groups in total. The van der Waals surface area contributed by atoms with E-state index in [2.05, 4.69) is 20.8 Å². The largest absolute Gasteiger partial charge is 0.375 e. The predicted octanol–water partition coefficient (Wildman–Crippen LogP) is 2.04. The van der Waals surface area contributed by atoms with Crippen LogP contribution in [0.4, 0.5) is 10.8 Å². The van der Waals surface area contributed by atoms with E-state index in [1.54, 1.807) is 25.6 Å². The molecule has 2 amide bonds. The van der Waals surface area contributed by atoms with Crippen molar-refractivity contribution >= 4 is 45.7 Å². The van der Waals surface area contributed by atoms with E-state index in [0.717, 1.165) is 11.3 Å². The van der Waals surface area contributed by atoms with Crippen molar-refractivity contribution in [1.29, 1.82) is 0 Å². The standard InChI is InChI=1S/C19H22N6O4S2/c1-11-15(17(28)25(24(11)3)13-8-6-5-7-9-13)21-16(27)12(2)30-19-23-22-18(31-19)20-14(26)10-29-4/h5-9,12H,10H2,1-4H3,(H,21,27)(H,20,22,26). The molecule has 164 valence electrons. The topological polar surface area (TPSA) is 120 Å². The summed E-state index contributed by atoms with van der Waals surface area (Å²) in [6, 6.07) is 9.20. The lowest BCUT2D eigenvalue weighted by molar-refractivity contribution is -0.119. The summed E-state index contributed by atoms with van der Waals surface area (Å²) in [6.07, 6.45) is 0. The normalized spacial score (nSPS) is 11.9. The van der Waals surface area contributed by atoms with Crippen molar-refractivity contribution in [1.82, 2.24) is 19.6 Å². The number of benzene rings is 1. The highest BCUT2D eigenvalue weighted by molar-refractivity contribution is 8.02. The number of rotatable bonds is 8. The van der Waals surface area contributed by atoms with Crippen LogP contribution in [-0.2, 0) is 21.4 Å². The molecule has 10 nitrogen and oxygen atoms in total. The van der Waals surface area contributed by atoms with Gasteiger partial charge in [0.2, 0.25) is 11.0 Å². The smallest absolute Gasteiger partial charge is 0.295 e. The summed E-state index contributed by atoms with van der Waals surface area (Å²) >= 11 is 2.34. The molecule has 0 aliphatic rings. The summed E-state index contributed by atoms with van der Waals surface area (Å²) < 4.78 is 8.47. The van der Waals surface area contributed by atoms with Crippen molar-refractivity contribution in [3.8, 4) is 5.69 Å². The first-order valence-electron chi connectivity index (χ1n) is 9.25. The van der Waals surface area contributed by atoms with Crippen LogP contribution in [0.2, 0.25) is 0 Å². The predicted molar refractivity (Wildman–Crippen MR) is 120 cm³/mol. The zero-order chi connectivity index (χ0) is 22.5. The summed E-state index contributed by atoms with van der Waals surface area (Å²) in [5.74, 6) is -0.675. The minimum Gasteiger partial charge on any atom is -0.375 e. The molecule has 2 heterocycles. The number of para-hydroxylation sites is 1. The number of methoxy groups -OCH3 is 1. The molecule has 3 aromatic rings. The van der Waals surface area contributed by atoms with Gasteiger partial charge in [0.15, 0.2) is 4.34 Å². The van der Waals surface area contributed by atoms with E-state index >= 15 is 0 Å². The van der Waals surface area contributed by atoms with E-state index < -0.39 is 5.25 Å². The average molecular weight is 463 g/mol. The molecule has 0 fully saturated rings. The highest BCUT2D eigenvalue weighted by Crippen LogP contribution is 2.29. The molecule has 0 aliphatic heterocycles. The molecule has 0 aliphatic carbocycles. The Bertz CT molecular complexity index is 1140. The summed E-state index contributed by atoms with van der Waals surface area (Å²) in [6.45, 7) is 3.39. The third-order valence-electron chi connectivity index (χ3n) is 4.38. The Morgan fingerprint density at radius 3 is 2.61 bits per heavy atom. The molecular formula is C19H22N6O4S2. The molecule has 12 heteroatoms. The molecule has 0 saturated heterocycles. The number of carbonyl (C=O) groups is 2. The van der Waals surface area contributed by atoms with Gasteiger partial charge in [-0.05, 0) is 26.0 Å². The van der Waals surface area contributed by atoms with Crippen molar-refractivity contribution in [3.05, 3.63) is 46.4 Å². The summed E-state index contributed by atoms with van der Waals surface area (Å²) in [4.78, 5) is 37.2. The Morgan fingerprint density at radius 2 is 1.94 bits per heavy atom. The van der Waals surface area contributed by atoms with E-state index in [9.17, 15) is 14.4 Å². The van der Waals surface area contributed by atoms with Crippen LogP contribution >= 0.6 is 23.1 Å². The lowest BCUT2D eigenvalue weighted by atomic mass is 10.3. The molecule has 3 rings (SSSR count). The Balaban J connectivity index is 1.70. The number of hydrogen-bond acceptors (Lipinski definition) is 8. The van der Waals surface area contributed by atoms with Gasteiger partial charge in [0, 0.05) is 14.2 Å². The van der Waals surface area contributed by atoms with Crippen molar-refractivity contribution in [2.45, 2.75) is 23.4 Å². The minimum atomic E-state index is -0.542. The van der Waals surface area contributed by atoms with Crippen LogP contribution in [0.1, 0.15) is 12.6 Å². The lowest BCUT2D eigenvalue weighted by Gasteiger charge is -2.09. The number of nitrogens with zero attached hydrogens (tertiary/aromatic N) is 4. The quantitative estimate of drug-likeness (QED) is 0.388. The summed E-state index contributed by atoms with van der Waals surface area (Å²) in [7, 11) is 3.18. The van der Waals surface area contributed by atoms with E-state index in [-0.39, 0.29) is 29.7 Å². The van der Waals surface area contributed by atoms with Gasteiger partial charge in [0.05, 0.1) is 16.6 Å².